The van der Waals surface area contributed by atoms with Gasteiger partial charge in [-0.2, -0.15) is 5.10 Å². The minimum atomic E-state index is -0.601. The van der Waals surface area contributed by atoms with Crippen LogP contribution in [0.5, 0.6) is 0 Å². The van der Waals surface area contributed by atoms with Gasteiger partial charge in [0.2, 0.25) is 0 Å². The van der Waals surface area contributed by atoms with Crippen molar-refractivity contribution in [2.45, 2.75) is 44.4 Å². The van der Waals surface area contributed by atoms with Gasteiger partial charge in [-0.05, 0) is 31.2 Å². The number of amides is 2. The first-order valence-electron chi connectivity index (χ1n) is 6.87. The molecular formula is C15H21N3O. The van der Waals surface area contributed by atoms with E-state index in [1.807, 2.05) is 6.07 Å². The Hall–Kier alpha value is -1.84. The first-order chi connectivity index (χ1) is 9.19. The lowest BCUT2D eigenvalue weighted by molar-refractivity contribution is 0.249. The van der Waals surface area contributed by atoms with Crippen molar-refractivity contribution in [3.63, 3.8) is 0 Å². The molecule has 0 spiro atoms. The maximum Gasteiger partial charge on any atom is 0.332 e. The van der Waals surface area contributed by atoms with Gasteiger partial charge in [0.25, 0.3) is 0 Å². The zero-order valence-electron chi connectivity index (χ0n) is 11.4. The third-order valence-electron chi connectivity index (χ3n) is 4.05. The van der Waals surface area contributed by atoms with Crippen LogP contribution in [0.3, 0.4) is 0 Å². The van der Waals surface area contributed by atoms with E-state index in [0.717, 1.165) is 31.4 Å². The zero-order valence-corrected chi connectivity index (χ0v) is 11.4. The highest BCUT2D eigenvalue weighted by Gasteiger charge is 2.37. The number of nitrogens with two attached hydrogens (primary N) is 1. The Morgan fingerprint density at radius 1 is 1.37 bits per heavy atom. The summed E-state index contributed by atoms with van der Waals surface area (Å²) >= 11 is 0. The molecule has 3 N–H and O–H groups in total. The Balaban J connectivity index is 2.39. The summed E-state index contributed by atoms with van der Waals surface area (Å²) in [7, 11) is 0. The molecule has 1 saturated carbocycles. The number of rotatable bonds is 3. The average molecular weight is 259 g/mol. The van der Waals surface area contributed by atoms with Crippen LogP contribution >= 0.6 is 0 Å². The predicted molar refractivity (Wildman–Crippen MR) is 77.0 cm³/mol. The van der Waals surface area contributed by atoms with Gasteiger partial charge in [0.05, 0.1) is 0 Å². The molecular weight excluding hydrogens is 238 g/mol. The number of hydrogen-bond acceptors (Lipinski definition) is 2. The van der Waals surface area contributed by atoms with Crippen molar-refractivity contribution < 1.29 is 4.79 Å². The summed E-state index contributed by atoms with van der Waals surface area (Å²) in [6.45, 7) is 2.18. The average Bonchev–Trinajstić information content (AvgIpc) is 2.46. The minimum Gasteiger partial charge on any atom is -0.350 e. The molecule has 4 nitrogen and oxygen atoms in total. The highest BCUT2D eigenvalue weighted by molar-refractivity contribution is 5.96. The molecule has 2 amide bonds. The summed E-state index contributed by atoms with van der Waals surface area (Å²) in [5.74, 6) is 0. The second-order valence-electron chi connectivity index (χ2n) is 5.04. The van der Waals surface area contributed by atoms with Gasteiger partial charge in [-0.25, -0.2) is 10.2 Å². The normalized spacial score (nSPS) is 25.2. The van der Waals surface area contributed by atoms with E-state index in [0.29, 0.717) is 0 Å². The van der Waals surface area contributed by atoms with E-state index in [-0.39, 0.29) is 5.41 Å². The van der Waals surface area contributed by atoms with Gasteiger partial charge in [0.1, 0.15) is 0 Å². The monoisotopic (exact) mass is 259 g/mol. The Labute approximate surface area is 114 Å². The smallest absolute Gasteiger partial charge is 0.332 e. The molecule has 1 aliphatic carbocycles. The van der Waals surface area contributed by atoms with Crippen molar-refractivity contribution in [3.8, 4) is 0 Å². The van der Waals surface area contributed by atoms with E-state index < -0.39 is 6.03 Å². The number of benzene rings is 1. The highest BCUT2D eigenvalue weighted by atomic mass is 16.2. The fourth-order valence-electron chi connectivity index (χ4n) is 3.04. The summed E-state index contributed by atoms with van der Waals surface area (Å²) in [5.41, 5.74) is 9.80. The van der Waals surface area contributed by atoms with E-state index in [2.05, 4.69) is 41.7 Å². The molecule has 0 aliphatic heterocycles. The molecule has 1 aromatic rings. The van der Waals surface area contributed by atoms with Crippen LogP contribution in [-0.2, 0) is 5.41 Å². The van der Waals surface area contributed by atoms with Crippen molar-refractivity contribution in [2.75, 3.05) is 0 Å². The van der Waals surface area contributed by atoms with Crippen molar-refractivity contribution in [1.82, 2.24) is 5.43 Å². The minimum absolute atomic E-state index is 0.0536. The van der Waals surface area contributed by atoms with Crippen molar-refractivity contribution >= 4 is 11.7 Å². The fourth-order valence-corrected chi connectivity index (χ4v) is 3.04. The topological polar surface area (TPSA) is 67.5 Å². The van der Waals surface area contributed by atoms with Crippen LogP contribution in [0.25, 0.3) is 0 Å². The molecule has 102 valence electrons. The molecule has 1 aliphatic rings. The van der Waals surface area contributed by atoms with E-state index >= 15 is 0 Å². The molecule has 0 bridgehead atoms. The first kappa shape index (κ1) is 13.6. The van der Waals surface area contributed by atoms with Gasteiger partial charge in [-0.1, -0.05) is 43.7 Å². The summed E-state index contributed by atoms with van der Waals surface area (Å²) in [6.07, 6.45) is 5.29. The van der Waals surface area contributed by atoms with Gasteiger partial charge in [-0.3, -0.25) is 0 Å². The second-order valence-corrected chi connectivity index (χ2v) is 5.04. The Kier molecular flexibility index (Phi) is 4.20. The van der Waals surface area contributed by atoms with Crippen molar-refractivity contribution in [3.05, 3.63) is 35.9 Å². The number of hydrogen-bond donors (Lipinski definition) is 2. The molecule has 0 heterocycles. The summed E-state index contributed by atoms with van der Waals surface area (Å²) in [4.78, 5) is 10.9. The van der Waals surface area contributed by atoms with Crippen LogP contribution in [0.15, 0.2) is 35.4 Å². The molecule has 1 fully saturated rings. The van der Waals surface area contributed by atoms with E-state index in [1.165, 1.54) is 12.0 Å². The van der Waals surface area contributed by atoms with E-state index in [9.17, 15) is 4.79 Å². The van der Waals surface area contributed by atoms with Gasteiger partial charge in [-0.15, -0.1) is 0 Å². The standard InChI is InChI=1S/C15H21N3O/c1-2-15(12-8-4-3-5-9-12)11-7-6-10-13(15)17-18-14(16)19/h3-5,8-9H,2,6-7,10-11H2,1H3,(H3,16,18,19)/b17-13-/t15-/m0/s1. The van der Waals surface area contributed by atoms with Crippen LogP contribution in [0, 0.1) is 0 Å². The molecule has 19 heavy (non-hydrogen) atoms. The Morgan fingerprint density at radius 2 is 2.11 bits per heavy atom. The Bertz CT molecular complexity index is 470. The number of nitrogens with zero attached hydrogens (tertiary/aromatic N) is 1. The quantitative estimate of drug-likeness (QED) is 0.805. The molecule has 0 radical (unpaired) electrons. The number of carbonyl (C=O) groups is 1. The lowest BCUT2D eigenvalue weighted by Gasteiger charge is -2.38. The van der Waals surface area contributed by atoms with E-state index in [4.69, 9.17) is 5.73 Å². The largest absolute Gasteiger partial charge is 0.350 e. The molecule has 2 rings (SSSR count). The summed E-state index contributed by atoms with van der Waals surface area (Å²) < 4.78 is 0. The van der Waals surface area contributed by atoms with Crippen molar-refractivity contribution in [1.29, 1.82) is 0 Å². The molecule has 0 saturated heterocycles. The molecule has 0 unspecified atom stereocenters. The lowest BCUT2D eigenvalue weighted by Crippen LogP contribution is -2.40. The van der Waals surface area contributed by atoms with Crippen LogP contribution < -0.4 is 11.2 Å². The third-order valence-corrected chi connectivity index (χ3v) is 4.05. The fraction of sp³-hybridized carbons (Fsp3) is 0.467. The van der Waals surface area contributed by atoms with Gasteiger partial charge in [0.15, 0.2) is 0 Å². The molecule has 0 aromatic heterocycles. The second kappa shape index (κ2) is 5.87. The van der Waals surface area contributed by atoms with E-state index in [1.54, 1.807) is 0 Å². The molecule has 1 atom stereocenters. The maximum absolute atomic E-state index is 10.9. The van der Waals surface area contributed by atoms with Crippen LogP contribution in [0.1, 0.15) is 44.6 Å². The molecule has 1 aromatic carbocycles. The number of primary amides is 1. The Morgan fingerprint density at radius 3 is 2.74 bits per heavy atom. The number of hydrazone groups is 1. The maximum atomic E-state index is 10.9. The van der Waals surface area contributed by atoms with Crippen LogP contribution in [0.2, 0.25) is 0 Å². The van der Waals surface area contributed by atoms with Gasteiger partial charge < -0.3 is 5.73 Å². The lowest BCUT2D eigenvalue weighted by atomic mass is 9.66. The summed E-state index contributed by atoms with van der Waals surface area (Å²) in [6, 6.07) is 9.83. The molecule has 4 heteroatoms. The predicted octanol–water partition coefficient (Wildman–Crippen LogP) is 2.93. The summed E-state index contributed by atoms with van der Waals surface area (Å²) in [5, 5.41) is 4.28. The highest BCUT2D eigenvalue weighted by Crippen LogP contribution is 2.40. The van der Waals surface area contributed by atoms with Crippen LogP contribution in [-0.4, -0.2) is 11.7 Å². The number of nitrogens with one attached hydrogen (secondary N) is 1. The zero-order chi connectivity index (χ0) is 13.7. The van der Waals surface area contributed by atoms with Crippen LogP contribution in [0.4, 0.5) is 4.79 Å². The van der Waals surface area contributed by atoms with Gasteiger partial charge >= 0.3 is 6.03 Å². The van der Waals surface area contributed by atoms with Gasteiger partial charge in [0, 0.05) is 11.1 Å². The number of urea groups is 1. The SMILES string of the molecule is CC[C@@]1(c2ccccc2)CCCC/C1=N/NC(N)=O. The number of carbonyl (C=O) groups excluding carboxylic acids is 1. The first-order valence-corrected chi connectivity index (χ1v) is 6.87. The van der Waals surface area contributed by atoms with Crippen molar-refractivity contribution in [2.24, 2.45) is 10.8 Å². The third kappa shape index (κ3) is 2.78.